The van der Waals surface area contributed by atoms with Gasteiger partial charge in [-0.3, -0.25) is 0 Å². The van der Waals surface area contributed by atoms with Crippen LogP contribution in [-0.4, -0.2) is 11.2 Å². The summed E-state index contributed by atoms with van der Waals surface area (Å²) in [5.41, 5.74) is 6.10. The zero-order valence-electron chi connectivity index (χ0n) is 20.1. The van der Waals surface area contributed by atoms with E-state index in [-0.39, 0.29) is 11.5 Å². The Morgan fingerprint density at radius 3 is 2.31 bits per heavy atom. The number of allylic oxidation sites excluding steroid dienone is 4. The van der Waals surface area contributed by atoms with Gasteiger partial charge in [-0.15, -0.1) is 0 Å². The van der Waals surface area contributed by atoms with Gasteiger partial charge in [0.1, 0.15) is 0 Å². The highest BCUT2D eigenvalue weighted by Crippen LogP contribution is 2.68. The normalized spacial score (nSPS) is 43.4. The molecule has 2 saturated carbocycles. The molecule has 0 aromatic rings. The summed E-state index contributed by atoms with van der Waals surface area (Å²) < 4.78 is 0. The second-order valence-electron chi connectivity index (χ2n) is 12.4. The van der Waals surface area contributed by atoms with Crippen LogP contribution < -0.4 is 0 Å². The molecule has 0 aromatic heterocycles. The fraction of sp³-hybridized carbons (Fsp3) is 0.857. The average Bonchev–Trinajstić information content (AvgIpc) is 2.99. The van der Waals surface area contributed by atoms with E-state index >= 15 is 0 Å². The Hall–Kier alpha value is -0.560. The molecule has 6 atom stereocenters. The molecule has 0 heterocycles. The van der Waals surface area contributed by atoms with Crippen molar-refractivity contribution in [1.82, 2.24) is 0 Å². The molecule has 2 fully saturated rings. The van der Waals surface area contributed by atoms with Gasteiger partial charge in [0.2, 0.25) is 0 Å². The van der Waals surface area contributed by atoms with E-state index in [1.807, 2.05) is 11.1 Å². The molecule has 0 spiro atoms. The molecule has 1 heteroatoms. The summed E-state index contributed by atoms with van der Waals surface area (Å²) in [5, 5.41) is 10.7. The quantitative estimate of drug-likeness (QED) is 0.377. The van der Waals surface area contributed by atoms with Crippen LogP contribution in [0, 0.1) is 34.0 Å². The number of rotatable bonds is 4. The third-order valence-electron chi connectivity index (χ3n) is 10.3. The molecule has 0 radical (unpaired) electrons. The summed E-state index contributed by atoms with van der Waals surface area (Å²) >= 11 is 0. The Kier molecular flexibility index (Phi) is 5.63. The van der Waals surface area contributed by atoms with Gasteiger partial charge in [-0.05, 0) is 118 Å². The number of unbranched alkanes of at least 4 members (excludes halogenated alkanes) is 1. The van der Waals surface area contributed by atoms with Crippen molar-refractivity contribution in [3.8, 4) is 0 Å². The van der Waals surface area contributed by atoms with Gasteiger partial charge in [-0.25, -0.2) is 0 Å². The topological polar surface area (TPSA) is 20.2 Å². The molecular formula is C28H46O. The molecule has 0 aliphatic heterocycles. The maximum absolute atomic E-state index is 10.7. The molecule has 0 bridgehead atoms. The molecule has 29 heavy (non-hydrogen) atoms. The first-order valence-electron chi connectivity index (χ1n) is 12.6. The first-order chi connectivity index (χ1) is 13.6. The van der Waals surface area contributed by atoms with Crippen molar-refractivity contribution < 1.29 is 5.11 Å². The van der Waals surface area contributed by atoms with Crippen molar-refractivity contribution in [3.05, 3.63) is 22.8 Å². The molecule has 164 valence electrons. The fourth-order valence-electron chi connectivity index (χ4n) is 8.68. The van der Waals surface area contributed by atoms with Crippen molar-refractivity contribution in [1.29, 1.82) is 0 Å². The smallest absolute Gasteiger partial charge is 0.0594 e. The summed E-state index contributed by atoms with van der Waals surface area (Å²) in [4.78, 5) is 0. The summed E-state index contributed by atoms with van der Waals surface area (Å²) in [5.74, 6) is 2.53. The van der Waals surface area contributed by atoms with Crippen LogP contribution in [0.2, 0.25) is 0 Å². The van der Waals surface area contributed by atoms with Gasteiger partial charge < -0.3 is 5.11 Å². The van der Waals surface area contributed by atoms with Gasteiger partial charge in [0.25, 0.3) is 0 Å². The third kappa shape index (κ3) is 3.38. The van der Waals surface area contributed by atoms with Gasteiger partial charge in [-0.2, -0.15) is 0 Å². The Bertz CT molecular complexity index is 693. The lowest BCUT2D eigenvalue weighted by Gasteiger charge is -2.60. The molecule has 0 aromatic carbocycles. The van der Waals surface area contributed by atoms with E-state index in [0.29, 0.717) is 16.7 Å². The van der Waals surface area contributed by atoms with Crippen molar-refractivity contribution in [2.24, 2.45) is 34.0 Å². The molecule has 1 nitrogen and oxygen atoms in total. The summed E-state index contributed by atoms with van der Waals surface area (Å²) in [6.07, 6.45) is 16.8. The van der Waals surface area contributed by atoms with Crippen LogP contribution >= 0.6 is 0 Å². The Balaban J connectivity index is 1.56. The molecule has 4 aliphatic rings. The zero-order chi connectivity index (χ0) is 21.0. The van der Waals surface area contributed by atoms with Gasteiger partial charge in [-0.1, -0.05) is 50.5 Å². The third-order valence-corrected chi connectivity index (χ3v) is 10.3. The monoisotopic (exact) mass is 398 g/mol. The number of fused-ring (bicyclic) bond motifs is 4. The lowest BCUT2D eigenvalue weighted by atomic mass is 9.45. The minimum atomic E-state index is -0.119. The predicted octanol–water partition coefficient (Wildman–Crippen LogP) is 7.84. The second kappa shape index (κ2) is 7.54. The van der Waals surface area contributed by atoms with Crippen LogP contribution in [-0.2, 0) is 0 Å². The van der Waals surface area contributed by atoms with Gasteiger partial charge >= 0.3 is 0 Å². The highest BCUT2D eigenvalue weighted by molar-refractivity contribution is 5.36. The number of aliphatic hydroxyl groups excluding tert-OH is 1. The second-order valence-corrected chi connectivity index (χ2v) is 12.4. The average molecular weight is 399 g/mol. The van der Waals surface area contributed by atoms with Crippen LogP contribution in [0.5, 0.6) is 0 Å². The van der Waals surface area contributed by atoms with E-state index in [9.17, 15) is 5.11 Å². The van der Waals surface area contributed by atoms with E-state index in [1.54, 1.807) is 0 Å². The Morgan fingerprint density at radius 2 is 1.59 bits per heavy atom. The summed E-state index contributed by atoms with van der Waals surface area (Å²) in [7, 11) is 0. The van der Waals surface area contributed by atoms with Crippen LogP contribution in [0.3, 0.4) is 0 Å². The van der Waals surface area contributed by atoms with Gasteiger partial charge in [0.05, 0.1) is 6.10 Å². The molecule has 4 aliphatic carbocycles. The first-order valence-corrected chi connectivity index (χ1v) is 12.6. The largest absolute Gasteiger partial charge is 0.393 e. The minimum absolute atomic E-state index is 0.0619. The SMILES string of the molecule is CC(C)=CCCCC1CCC2(C)C3=C(CCC12)[C@@]1(C)CCC(O)C(C)(C)C1CC3. The van der Waals surface area contributed by atoms with Gasteiger partial charge in [0.15, 0.2) is 0 Å². The van der Waals surface area contributed by atoms with Crippen LogP contribution in [0.1, 0.15) is 112 Å². The fourth-order valence-corrected chi connectivity index (χ4v) is 8.68. The van der Waals surface area contributed by atoms with Crippen LogP contribution in [0.4, 0.5) is 0 Å². The Morgan fingerprint density at radius 1 is 0.931 bits per heavy atom. The van der Waals surface area contributed by atoms with E-state index in [2.05, 4.69) is 47.6 Å². The highest BCUT2D eigenvalue weighted by atomic mass is 16.3. The summed E-state index contributed by atoms with van der Waals surface area (Å²) in [6, 6.07) is 0. The van der Waals surface area contributed by atoms with E-state index < -0.39 is 0 Å². The minimum Gasteiger partial charge on any atom is -0.393 e. The van der Waals surface area contributed by atoms with Gasteiger partial charge in [0, 0.05) is 0 Å². The first kappa shape index (κ1) is 21.7. The maximum atomic E-state index is 10.7. The standard InChI is InChI=1S/C28H46O/c1-19(2)9-7-8-10-20-15-17-27(5)21(20)11-12-23-22(27)13-14-24-26(3,4)25(29)16-18-28(23,24)6/h9,20-21,24-25,29H,7-8,10-18H2,1-6H3/t20?,21?,24?,25?,27?,28-/m1/s1. The number of hydrogen-bond acceptors (Lipinski definition) is 1. The summed E-state index contributed by atoms with van der Waals surface area (Å²) in [6.45, 7) is 14.4. The van der Waals surface area contributed by atoms with Crippen LogP contribution in [0.15, 0.2) is 22.8 Å². The number of hydrogen-bond donors (Lipinski definition) is 1. The van der Waals surface area contributed by atoms with Crippen molar-refractivity contribution >= 4 is 0 Å². The Labute approximate surface area is 180 Å². The predicted molar refractivity (Wildman–Crippen MR) is 124 cm³/mol. The lowest BCUT2D eigenvalue weighted by Crippen LogP contribution is -2.53. The van der Waals surface area contributed by atoms with Crippen molar-refractivity contribution in [2.75, 3.05) is 0 Å². The van der Waals surface area contributed by atoms with Crippen molar-refractivity contribution in [3.63, 3.8) is 0 Å². The van der Waals surface area contributed by atoms with Crippen LogP contribution in [0.25, 0.3) is 0 Å². The zero-order valence-corrected chi connectivity index (χ0v) is 20.1. The van der Waals surface area contributed by atoms with E-state index in [4.69, 9.17) is 0 Å². The molecule has 4 rings (SSSR count). The maximum Gasteiger partial charge on any atom is 0.0594 e. The lowest BCUT2D eigenvalue weighted by molar-refractivity contribution is -0.0930. The molecule has 5 unspecified atom stereocenters. The molecular weight excluding hydrogens is 352 g/mol. The highest BCUT2D eigenvalue weighted by Gasteiger charge is 2.58. The van der Waals surface area contributed by atoms with Crippen molar-refractivity contribution in [2.45, 2.75) is 118 Å². The molecule has 0 amide bonds. The number of aliphatic hydroxyl groups is 1. The molecule has 1 N–H and O–H groups in total. The molecule has 0 saturated heterocycles. The van der Waals surface area contributed by atoms with E-state index in [0.717, 1.165) is 18.3 Å². The van der Waals surface area contributed by atoms with E-state index in [1.165, 1.54) is 69.8 Å².